The van der Waals surface area contributed by atoms with Crippen LogP contribution >= 0.6 is 0 Å². The Labute approximate surface area is 144 Å². The van der Waals surface area contributed by atoms with Crippen molar-refractivity contribution < 1.29 is 44.4 Å². The maximum absolute atomic E-state index is 11.0. The minimum atomic E-state index is -1.18. The zero-order valence-electron chi connectivity index (χ0n) is 14.0. The molecule has 0 bridgehead atoms. The second-order valence-corrected chi connectivity index (χ2v) is 5.30. The molecular formula is C14H26N2O9. The molecule has 146 valence electrons. The summed E-state index contributed by atoms with van der Waals surface area (Å²) >= 11 is 0. The van der Waals surface area contributed by atoms with Crippen LogP contribution in [0.1, 0.15) is 19.8 Å². The third-order valence-corrected chi connectivity index (χ3v) is 2.97. The quantitative estimate of drug-likeness (QED) is 0.137. The van der Waals surface area contributed by atoms with Gasteiger partial charge in [0.1, 0.15) is 12.6 Å². The first kappa shape index (κ1) is 25.2. The molecule has 0 amide bonds. The number of carbonyl (C=O) groups excluding carboxylic acids is 2. The van der Waals surface area contributed by atoms with Crippen molar-refractivity contribution in [2.24, 2.45) is 17.0 Å². The van der Waals surface area contributed by atoms with Gasteiger partial charge in [-0.25, -0.2) is 4.79 Å². The molecule has 0 saturated heterocycles. The average Bonchev–Trinajstić information content (AvgIpc) is 2.60. The first-order chi connectivity index (χ1) is 11.6. The Kier molecular flexibility index (Phi) is 13.4. The number of carbonyl (C=O) groups is 3. The molecule has 25 heavy (non-hydrogen) atoms. The Morgan fingerprint density at radius 3 is 1.96 bits per heavy atom. The maximum atomic E-state index is 11.0. The normalized spacial score (nSPS) is 11.6. The van der Waals surface area contributed by atoms with Crippen molar-refractivity contribution in [1.29, 1.82) is 0 Å². The minimum Gasteiger partial charge on any atom is -0.480 e. The molecule has 0 aliphatic heterocycles. The number of carboxylic acids is 1. The molecule has 0 aliphatic rings. The fourth-order valence-corrected chi connectivity index (χ4v) is 1.08. The fourth-order valence-electron chi connectivity index (χ4n) is 1.08. The highest BCUT2D eigenvalue weighted by Crippen LogP contribution is 2.15. The molecule has 11 nitrogen and oxygen atoms in total. The van der Waals surface area contributed by atoms with Gasteiger partial charge in [-0.3, -0.25) is 9.59 Å². The molecule has 0 fully saturated rings. The van der Waals surface area contributed by atoms with Gasteiger partial charge < -0.3 is 35.7 Å². The van der Waals surface area contributed by atoms with E-state index in [1.54, 1.807) is 0 Å². The highest BCUT2D eigenvalue weighted by atomic mass is 16.7. The molecule has 11 heteroatoms. The second-order valence-electron chi connectivity index (χ2n) is 5.30. The number of aliphatic hydroxyl groups is 3. The first-order valence-electron chi connectivity index (χ1n) is 7.12. The maximum Gasteiger partial charge on any atom is 0.333 e. The van der Waals surface area contributed by atoms with E-state index in [1.165, 1.54) is 6.92 Å². The molecule has 0 spiro atoms. The Bertz CT molecular complexity index is 441. The Morgan fingerprint density at radius 1 is 1.16 bits per heavy atom. The lowest BCUT2D eigenvalue weighted by molar-refractivity contribution is -0.147. The van der Waals surface area contributed by atoms with Crippen LogP contribution in [0.25, 0.3) is 0 Å². The summed E-state index contributed by atoms with van der Waals surface area (Å²) in [6, 6.07) is -1.03. The van der Waals surface area contributed by atoms with E-state index < -0.39 is 49.2 Å². The van der Waals surface area contributed by atoms with Crippen LogP contribution in [0.4, 0.5) is 0 Å². The van der Waals surface area contributed by atoms with Crippen LogP contribution in [0.5, 0.6) is 0 Å². The van der Waals surface area contributed by atoms with Crippen LogP contribution in [0.15, 0.2) is 12.2 Å². The molecular weight excluding hydrogens is 340 g/mol. The largest absolute Gasteiger partial charge is 0.480 e. The van der Waals surface area contributed by atoms with Crippen LogP contribution in [0.3, 0.4) is 0 Å². The number of aliphatic carboxylic acids is 1. The number of esters is 1. The molecule has 0 rings (SSSR count). The standard InChI is InChI=1S/C9H16O5.C5H10N2O4/c1-7(2)8(13)14-6-9(3-10,4-11)5-12;6-3(5(9)10)1-2-4(8)11-7/h10-12H,1,3-6H2,2H3;3H,1-2,6-7H2,(H,9,10)/t;3-/m.0/s1. The number of ether oxygens (including phenoxy) is 1. The highest BCUT2D eigenvalue weighted by molar-refractivity contribution is 5.86. The van der Waals surface area contributed by atoms with Crippen molar-refractivity contribution in [2.45, 2.75) is 25.8 Å². The van der Waals surface area contributed by atoms with E-state index in [0.717, 1.165) is 0 Å². The number of hydrogen-bond acceptors (Lipinski definition) is 10. The predicted molar refractivity (Wildman–Crippen MR) is 84.6 cm³/mol. The summed E-state index contributed by atoms with van der Waals surface area (Å²) in [7, 11) is 0. The zero-order chi connectivity index (χ0) is 20.0. The lowest BCUT2D eigenvalue weighted by atomic mass is 9.93. The number of rotatable bonds is 10. The third-order valence-electron chi connectivity index (χ3n) is 2.97. The molecule has 0 radical (unpaired) electrons. The third kappa shape index (κ3) is 11.2. The smallest absolute Gasteiger partial charge is 0.333 e. The van der Waals surface area contributed by atoms with Gasteiger partial charge in [0.25, 0.3) is 0 Å². The summed E-state index contributed by atoms with van der Waals surface area (Å²) in [6.07, 6.45) is -0.0463. The van der Waals surface area contributed by atoms with Gasteiger partial charge in [-0.05, 0) is 13.3 Å². The Morgan fingerprint density at radius 2 is 1.64 bits per heavy atom. The summed E-state index contributed by atoms with van der Waals surface area (Å²) in [5.74, 6) is 2.08. The van der Waals surface area contributed by atoms with E-state index in [1.807, 2.05) is 0 Å². The van der Waals surface area contributed by atoms with Crippen molar-refractivity contribution in [3.05, 3.63) is 12.2 Å². The molecule has 8 N–H and O–H groups in total. The number of aliphatic hydroxyl groups excluding tert-OH is 3. The van der Waals surface area contributed by atoms with Crippen molar-refractivity contribution in [1.82, 2.24) is 0 Å². The van der Waals surface area contributed by atoms with Gasteiger partial charge in [0.2, 0.25) is 0 Å². The molecule has 0 aromatic heterocycles. The first-order valence-corrected chi connectivity index (χ1v) is 7.12. The van der Waals surface area contributed by atoms with Gasteiger partial charge in [0.05, 0.1) is 25.2 Å². The lowest BCUT2D eigenvalue weighted by Crippen LogP contribution is -2.39. The number of nitrogens with two attached hydrogens (primary N) is 2. The topological polar surface area (TPSA) is 203 Å². The van der Waals surface area contributed by atoms with Gasteiger partial charge in [-0.15, -0.1) is 0 Å². The van der Waals surface area contributed by atoms with E-state index in [-0.39, 0.29) is 25.0 Å². The van der Waals surface area contributed by atoms with Gasteiger partial charge in [-0.1, -0.05) is 6.58 Å². The van der Waals surface area contributed by atoms with E-state index in [2.05, 4.69) is 17.3 Å². The van der Waals surface area contributed by atoms with Gasteiger partial charge in [-0.2, -0.15) is 5.90 Å². The zero-order valence-corrected chi connectivity index (χ0v) is 14.0. The monoisotopic (exact) mass is 366 g/mol. The van der Waals surface area contributed by atoms with Gasteiger partial charge in [0, 0.05) is 12.0 Å². The molecule has 0 saturated carbocycles. The van der Waals surface area contributed by atoms with Crippen LogP contribution < -0.4 is 11.6 Å². The average molecular weight is 366 g/mol. The molecule has 0 unspecified atom stereocenters. The van der Waals surface area contributed by atoms with E-state index >= 15 is 0 Å². The summed E-state index contributed by atoms with van der Waals surface area (Å²) in [5.41, 5.74) is 4.13. The molecule has 0 aliphatic carbocycles. The van der Waals surface area contributed by atoms with Crippen LogP contribution in [-0.4, -0.2) is 70.8 Å². The van der Waals surface area contributed by atoms with Crippen molar-refractivity contribution >= 4 is 17.9 Å². The Balaban J connectivity index is 0. The molecule has 1 atom stereocenters. The highest BCUT2D eigenvalue weighted by Gasteiger charge is 2.30. The summed E-state index contributed by atoms with van der Waals surface area (Å²) in [6.45, 7) is 3.26. The SMILES string of the molecule is C=C(C)C(=O)OCC(CO)(CO)CO.NOC(=O)CC[C@H](N)C(=O)O. The fraction of sp³-hybridized carbons (Fsp3) is 0.643. The lowest BCUT2D eigenvalue weighted by Gasteiger charge is -2.26. The van der Waals surface area contributed by atoms with Crippen molar-refractivity contribution in [3.8, 4) is 0 Å². The predicted octanol–water partition coefficient (Wildman–Crippen LogP) is -2.34. The van der Waals surface area contributed by atoms with Gasteiger partial charge in [0.15, 0.2) is 0 Å². The van der Waals surface area contributed by atoms with E-state index in [9.17, 15) is 14.4 Å². The van der Waals surface area contributed by atoms with E-state index in [4.69, 9.17) is 30.9 Å². The summed E-state index contributed by atoms with van der Waals surface area (Å²) in [4.78, 5) is 35.2. The molecule has 0 heterocycles. The van der Waals surface area contributed by atoms with Crippen LogP contribution in [0.2, 0.25) is 0 Å². The summed E-state index contributed by atoms with van der Waals surface area (Å²) in [5, 5.41) is 34.9. The Hall–Kier alpha value is -2.05. The van der Waals surface area contributed by atoms with Gasteiger partial charge >= 0.3 is 17.9 Å². The van der Waals surface area contributed by atoms with Crippen LogP contribution in [0, 0.1) is 5.41 Å². The molecule has 0 aromatic rings. The van der Waals surface area contributed by atoms with Crippen LogP contribution in [-0.2, 0) is 24.0 Å². The van der Waals surface area contributed by atoms with Crippen molar-refractivity contribution in [2.75, 3.05) is 26.4 Å². The number of carboxylic acid groups (broad SMARTS) is 1. The molecule has 0 aromatic carbocycles. The summed E-state index contributed by atoms with van der Waals surface area (Å²) < 4.78 is 4.72. The van der Waals surface area contributed by atoms with Crippen molar-refractivity contribution in [3.63, 3.8) is 0 Å². The number of hydrogen-bond donors (Lipinski definition) is 6. The second kappa shape index (κ2) is 13.3. The minimum absolute atomic E-state index is 0.0331. The van der Waals surface area contributed by atoms with E-state index in [0.29, 0.717) is 0 Å².